The second kappa shape index (κ2) is 8.33. The Bertz CT molecular complexity index is 913. The van der Waals surface area contributed by atoms with E-state index >= 15 is 0 Å². The first-order valence-corrected chi connectivity index (χ1v) is 8.86. The van der Waals surface area contributed by atoms with Gasteiger partial charge in [0.05, 0.1) is 17.9 Å². The number of hydrogen-bond donors (Lipinski definition) is 1. The third kappa shape index (κ3) is 4.06. The molecule has 0 saturated carbocycles. The van der Waals surface area contributed by atoms with Crippen LogP contribution in [-0.4, -0.2) is 18.4 Å². The molecule has 0 amide bonds. The van der Waals surface area contributed by atoms with Crippen LogP contribution in [0.15, 0.2) is 66.4 Å². The smallest absolute Gasteiger partial charge is 0.317 e. The van der Waals surface area contributed by atoms with E-state index < -0.39 is 11.9 Å². The lowest BCUT2D eigenvalue weighted by molar-refractivity contribution is -0.151. The quantitative estimate of drug-likeness (QED) is 0.648. The average molecular weight is 360 g/mol. The van der Waals surface area contributed by atoms with Gasteiger partial charge in [0.2, 0.25) is 0 Å². The number of ether oxygens (including phenoxy) is 1. The SMILES string of the molecule is CCOC(=O)C1C(=O)C=C(Nc2ccccc2C#N)CC1c1ccccc1. The van der Waals surface area contributed by atoms with E-state index in [0.29, 0.717) is 23.4 Å². The van der Waals surface area contributed by atoms with Gasteiger partial charge in [-0.25, -0.2) is 0 Å². The van der Waals surface area contributed by atoms with E-state index in [0.717, 1.165) is 5.56 Å². The summed E-state index contributed by atoms with van der Waals surface area (Å²) in [7, 11) is 0. The molecular weight excluding hydrogens is 340 g/mol. The maximum absolute atomic E-state index is 12.8. The molecule has 1 N–H and O–H groups in total. The van der Waals surface area contributed by atoms with Gasteiger partial charge in [-0.1, -0.05) is 42.5 Å². The van der Waals surface area contributed by atoms with Gasteiger partial charge in [0, 0.05) is 17.7 Å². The van der Waals surface area contributed by atoms with Gasteiger partial charge in [-0.15, -0.1) is 0 Å². The summed E-state index contributed by atoms with van der Waals surface area (Å²) in [6.45, 7) is 1.96. The van der Waals surface area contributed by atoms with Crippen LogP contribution in [0.4, 0.5) is 5.69 Å². The summed E-state index contributed by atoms with van der Waals surface area (Å²) in [5.41, 5.74) is 2.72. The van der Waals surface area contributed by atoms with Crippen LogP contribution in [-0.2, 0) is 14.3 Å². The van der Waals surface area contributed by atoms with Crippen LogP contribution in [0, 0.1) is 17.2 Å². The first-order valence-electron chi connectivity index (χ1n) is 8.86. The average Bonchev–Trinajstić information content (AvgIpc) is 2.68. The number of hydrogen-bond acceptors (Lipinski definition) is 5. The highest BCUT2D eigenvalue weighted by atomic mass is 16.5. The van der Waals surface area contributed by atoms with E-state index in [1.165, 1.54) is 6.08 Å². The Morgan fingerprint density at radius 3 is 2.59 bits per heavy atom. The number of carbonyl (C=O) groups is 2. The van der Waals surface area contributed by atoms with Gasteiger partial charge in [0.15, 0.2) is 5.78 Å². The highest BCUT2D eigenvalue weighted by Gasteiger charge is 2.39. The molecule has 0 saturated heterocycles. The standard InChI is InChI=1S/C22H20N2O3/c1-2-27-22(26)21-18(15-8-4-3-5-9-15)12-17(13-20(21)25)24-19-11-7-6-10-16(19)14-23/h3-11,13,18,21,24H,2,12H2,1H3. The van der Waals surface area contributed by atoms with Gasteiger partial charge < -0.3 is 10.1 Å². The second-order valence-corrected chi connectivity index (χ2v) is 6.31. The zero-order chi connectivity index (χ0) is 19.2. The van der Waals surface area contributed by atoms with Crippen molar-refractivity contribution in [3.63, 3.8) is 0 Å². The topological polar surface area (TPSA) is 79.2 Å². The molecule has 5 heteroatoms. The summed E-state index contributed by atoms with van der Waals surface area (Å²) in [5, 5.41) is 12.5. The highest BCUT2D eigenvalue weighted by Crippen LogP contribution is 2.37. The summed E-state index contributed by atoms with van der Waals surface area (Å²) >= 11 is 0. The Labute approximate surface area is 158 Å². The molecule has 0 heterocycles. The van der Waals surface area contributed by atoms with Crippen LogP contribution in [0.3, 0.4) is 0 Å². The lowest BCUT2D eigenvalue weighted by Gasteiger charge is -2.29. The van der Waals surface area contributed by atoms with E-state index in [1.54, 1.807) is 25.1 Å². The van der Waals surface area contributed by atoms with Gasteiger partial charge in [-0.2, -0.15) is 5.26 Å². The molecule has 136 valence electrons. The van der Waals surface area contributed by atoms with Crippen LogP contribution in [0.25, 0.3) is 0 Å². The maximum Gasteiger partial charge on any atom is 0.317 e. The molecule has 2 aromatic rings. The zero-order valence-electron chi connectivity index (χ0n) is 15.0. The normalized spacial score (nSPS) is 19.0. The summed E-state index contributed by atoms with van der Waals surface area (Å²) < 4.78 is 5.14. The van der Waals surface area contributed by atoms with Crippen molar-refractivity contribution in [2.75, 3.05) is 11.9 Å². The van der Waals surface area contributed by atoms with Crippen molar-refractivity contribution in [3.8, 4) is 6.07 Å². The number of nitrogens with one attached hydrogen (secondary N) is 1. The molecule has 0 aromatic heterocycles. The molecule has 0 bridgehead atoms. The van der Waals surface area contributed by atoms with Gasteiger partial charge in [0.1, 0.15) is 12.0 Å². The number of ketones is 1. The molecule has 2 unspecified atom stereocenters. The molecular formula is C22H20N2O3. The van der Waals surface area contributed by atoms with E-state index in [1.807, 2.05) is 36.4 Å². The van der Waals surface area contributed by atoms with Crippen LogP contribution in [0.1, 0.15) is 30.4 Å². The van der Waals surface area contributed by atoms with Crippen LogP contribution in [0.5, 0.6) is 0 Å². The minimum absolute atomic E-state index is 0.231. The molecule has 3 rings (SSSR count). The van der Waals surface area contributed by atoms with Crippen molar-refractivity contribution in [3.05, 3.63) is 77.5 Å². The number of rotatable bonds is 5. The van der Waals surface area contributed by atoms with Crippen molar-refractivity contribution in [1.29, 1.82) is 5.26 Å². The number of benzene rings is 2. The molecule has 0 radical (unpaired) electrons. The molecule has 2 aromatic carbocycles. The second-order valence-electron chi connectivity index (χ2n) is 6.31. The molecule has 0 fully saturated rings. The predicted molar refractivity (Wildman–Crippen MR) is 102 cm³/mol. The zero-order valence-corrected chi connectivity index (χ0v) is 15.0. The van der Waals surface area contributed by atoms with Gasteiger partial charge in [-0.05, 0) is 31.0 Å². The maximum atomic E-state index is 12.8. The fourth-order valence-corrected chi connectivity index (χ4v) is 3.35. The minimum Gasteiger partial charge on any atom is -0.465 e. The number of nitriles is 1. The summed E-state index contributed by atoms with van der Waals surface area (Å²) in [6.07, 6.45) is 1.92. The van der Waals surface area contributed by atoms with E-state index in [4.69, 9.17) is 4.74 Å². The van der Waals surface area contributed by atoms with Crippen LogP contribution in [0.2, 0.25) is 0 Å². The van der Waals surface area contributed by atoms with Crippen LogP contribution < -0.4 is 5.32 Å². The van der Waals surface area contributed by atoms with E-state index in [-0.39, 0.29) is 18.3 Å². The predicted octanol–water partition coefficient (Wildman–Crippen LogP) is 3.79. The van der Waals surface area contributed by atoms with Gasteiger partial charge in [0.25, 0.3) is 0 Å². The van der Waals surface area contributed by atoms with Gasteiger partial charge in [-0.3, -0.25) is 9.59 Å². The first kappa shape index (κ1) is 18.4. The molecule has 5 nitrogen and oxygen atoms in total. The van der Waals surface area contributed by atoms with Crippen molar-refractivity contribution >= 4 is 17.4 Å². The molecule has 0 aliphatic heterocycles. The van der Waals surface area contributed by atoms with Crippen molar-refractivity contribution in [1.82, 2.24) is 0 Å². The Hall–Kier alpha value is -3.39. The van der Waals surface area contributed by atoms with Crippen molar-refractivity contribution < 1.29 is 14.3 Å². The fraction of sp³-hybridized carbons (Fsp3) is 0.227. The minimum atomic E-state index is -0.857. The molecule has 1 aliphatic carbocycles. The largest absolute Gasteiger partial charge is 0.465 e. The Morgan fingerprint density at radius 1 is 1.19 bits per heavy atom. The fourth-order valence-electron chi connectivity index (χ4n) is 3.35. The number of allylic oxidation sites excluding steroid dienone is 2. The summed E-state index contributed by atoms with van der Waals surface area (Å²) in [6, 6.07) is 18.7. The lowest BCUT2D eigenvalue weighted by Crippen LogP contribution is -2.35. The van der Waals surface area contributed by atoms with E-state index in [2.05, 4.69) is 11.4 Å². The third-order valence-electron chi connectivity index (χ3n) is 4.58. The molecule has 27 heavy (non-hydrogen) atoms. The van der Waals surface area contributed by atoms with Crippen molar-refractivity contribution in [2.45, 2.75) is 19.3 Å². The van der Waals surface area contributed by atoms with E-state index in [9.17, 15) is 14.9 Å². The highest BCUT2D eigenvalue weighted by molar-refractivity contribution is 6.07. The molecule has 2 atom stereocenters. The summed E-state index contributed by atoms with van der Waals surface area (Å²) in [4.78, 5) is 25.2. The Balaban J connectivity index is 1.94. The first-order chi connectivity index (χ1) is 13.1. The van der Waals surface area contributed by atoms with Crippen molar-refractivity contribution in [2.24, 2.45) is 5.92 Å². The summed E-state index contributed by atoms with van der Waals surface area (Å²) in [5.74, 6) is -1.96. The number of para-hydroxylation sites is 1. The van der Waals surface area contributed by atoms with Crippen LogP contribution >= 0.6 is 0 Å². The molecule has 1 aliphatic rings. The number of esters is 1. The Morgan fingerprint density at radius 2 is 1.89 bits per heavy atom. The third-order valence-corrected chi connectivity index (χ3v) is 4.58. The number of carbonyl (C=O) groups excluding carboxylic acids is 2. The number of nitrogens with zero attached hydrogens (tertiary/aromatic N) is 1. The monoisotopic (exact) mass is 360 g/mol. The molecule has 0 spiro atoms. The van der Waals surface area contributed by atoms with Gasteiger partial charge >= 0.3 is 5.97 Å². The number of anilines is 1. The lowest BCUT2D eigenvalue weighted by atomic mass is 9.76. The Kier molecular flexibility index (Phi) is 5.68.